The molecule has 0 atom stereocenters. The van der Waals surface area contributed by atoms with E-state index in [9.17, 15) is 0 Å². The average molecular weight is 257 g/mol. The van der Waals surface area contributed by atoms with Gasteiger partial charge in [-0.15, -0.1) is 0 Å². The van der Waals surface area contributed by atoms with Gasteiger partial charge in [-0.3, -0.25) is 0 Å². The van der Waals surface area contributed by atoms with Crippen LogP contribution in [0, 0.1) is 13.8 Å². The van der Waals surface area contributed by atoms with Gasteiger partial charge in [0.15, 0.2) is 0 Å². The summed E-state index contributed by atoms with van der Waals surface area (Å²) in [5.74, 6) is 0.434. The zero-order chi connectivity index (χ0) is 14.0. The lowest BCUT2D eigenvalue weighted by atomic mass is 10.0. The van der Waals surface area contributed by atoms with Crippen LogP contribution in [0.1, 0.15) is 42.1 Å². The van der Waals surface area contributed by atoms with Crippen molar-refractivity contribution in [1.82, 2.24) is 9.78 Å². The summed E-state index contributed by atoms with van der Waals surface area (Å²) in [6.45, 7) is 9.32. The van der Waals surface area contributed by atoms with Crippen LogP contribution in [-0.2, 0) is 6.42 Å². The number of nitrogens with two attached hydrogens (primary N) is 1. The second kappa shape index (κ2) is 5.57. The number of nitrogens with zero attached hydrogens (tertiary/aromatic N) is 2. The lowest BCUT2D eigenvalue weighted by Gasteiger charge is -2.15. The fourth-order valence-corrected chi connectivity index (χ4v) is 2.49. The van der Waals surface area contributed by atoms with Crippen molar-refractivity contribution in [3.05, 3.63) is 46.8 Å². The largest absolute Gasteiger partial charge is 0.330 e. The molecule has 0 radical (unpaired) electrons. The number of hydrogen-bond donors (Lipinski definition) is 1. The van der Waals surface area contributed by atoms with Gasteiger partial charge in [0.25, 0.3) is 0 Å². The molecule has 3 nitrogen and oxygen atoms in total. The Bertz CT molecular complexity index is 567. The van der Waals surface area contributed by atoms with Crippen LogP contribution in [0.25, 0.3) is 5.69 Å². The van der Waals surface area contributed by atoms with Crippen molar-refractivity contribution >= 4 is 0 Å². The molecule has 0 aliphatic heterocycles. The van der Waals surface area contributed by atoms with Crippen LogP contribution in [0.15, 0.2) is 24.4 Å². The molecular formula is C16H23N3. The summed E-state index contributed by atoms with van der Waals surface area (Å²) >= 11 is 0. The first kappa shape index (κ1) is 13.8. The van der Waals surface area contributed by atoms with Gasteiger partial charge in [-0.2, -0.15) is 5.10 Å². The maximum atomic E-state index is 5.69. The molecule has 0 bridgehead atoms. The third kappa shape index (κ3) is 2.71. The minimum atomic E-state index is 0.434. The Morgan fingerprint density at radius 2 is 2.00 bits per heavy atom. The maximum Gasteiger partial charge on any atom is 0.0680 e. The Morgan fingerprint density at radius 1 is 1.26 bits per heavy atom. The highest BCUT2D eigenvalue weighted by atomic mass is 15.3. The third-order valence-corrected chi connectivity index (χ3v) is 3.44. The van der Waals surface area contributed by atoms with Crippen molar-refractivity contribution in [2.75, 3.05) is 6.54 Å². The highest BCUT2D eigenvalue weighted by molar-refractivity contribution is 5.45. The monoisotopic (exact) mass is 257 g/mol. The van der Waals surface area contributed by atoms with Crippen LogP contribution in [-0.4, -0.2) is 16.3 Å². The second-order valence-electron chi connectivity index (χ2n) is 5.45. The van der Waals surface area contributed by atoms with Gasteiger partial charge in [0, 0.05) is 0 Å². The molecule has 2 aromatic rings. The van der Waals surface area contributed by atoms with Gasteiger partial charge in [0.1, 0.15) is 0 Å². The normalized spacial score (nSPS) is 11.3. The van der Waals surface area contributed by atoms with Crippen molar-refractivity contribution in [3.63, 3.8) is 0 Å². The lowest BCUT2D eigenvalue weighted by molar-refractivity contribution is 0.721. The number of hydrogen-bond acceptors (Lipinski definition) is 2. The van der Waals surface area contributed by atoms with Crippen LogP contribution in [0.4, 0.5) is 0 Å². The van der Waals surface area contributed by atoms with Crippen molar-refractivity contribution < 1.29 is 0 Å². The summed E-state index contributed by atoms with van der Waals surface area (Å²) in [4.78, 5) is 0. The number of aromatic nitrogens is 2. The summed E-state index contributed by atoms with van der Waals surface area (Å²) in [6.07, 6.45) is 2.85. The second-order valence-corrected chi connectivity index (χ2v) is 5.45. The summed E-state index contributed by atoms with van der Waals surface area (Å²) in [5, 5.41) is 4.59. The van der Waals surface area contributed by atoms with Crippen LogP contribution >= 0.6 is 0 Å². The van der Waals surface area contributed by atoms with Gasteiger partial charge in [0.05, 0.1) is 17.6 Å². The molecule has 0 saturated heterocycles. The molecule has 19 heavy (non-hydrogen) atoms. The van der Waals surface area contributed by atoms with Gasteiger partial charge in [-0.25, -0.2) is 4.68 Å². The molecule has 1 aromatic heterocycles. The van der Waals surface area contributed by atoms with Crippen molar-refractivity contribution in [1.29, 1.82) is 0 Å². The smallest absolute Gasteiger partial charge is 0.0680 e. The molecule has 2 N–H and O–H groups in total. The molecule has 0 amide bonds. The summed E-state index contributed by atoms with van der Waals surface area (Å²) in [5.41, 5.74) is 11.9. The van der Waals surface area contributed by atoms with E-state index in [1.807, 2.05) is 6.20 Å². The van der Waals surface area contributed by atoms with Crippen LogP contribution in [0.5, 0.6) is 0 Å². The van der Waals surface area contributed by atoms with E-state index in [0.29, 0.717) is 12.5 Å². The molecule has 0 aliphatic carbocycles. The first-order valence-electron chi connectivity index (χ1n) is 6.89. The first-order chi connectivity index (χ1) is 9.04. The Balaban J connectivity index is 2.58. The van der Waals surface area contributed by atoms with E-state index in [-0.39, 0.29) is 0 Å². The predicted molar refractivity (Wildman–Crippen MR) is 79.9 cm³/mol. The lowest BCUT2D eigenvalue weighted by Crippen LogP contribution is -2.09. The molecule has 0 fully saturated rings. The average Bonchev–Trinajstić information content (AvgIpc) is 2.76. The predicted octanol–water partition coefficient (Wildman–Crippen LogP) is 3.11. The Labute approximate surface area is 115 Å². The van der Waals surface area contributed by atoms with Gasteiger partial charge in [-0.1, -0.05) is 26.0 Å². The number of aryl methyl sites for hydroxylation is 2. The van der Waals surface area contributed by atoms with E-state index in [4.69, 9.17) is 5.73 Å². The molecule has 0 saturated carbocycles. The summed E-state index contributed by atoms with van der Waals surface area (Å²) in [6, 6.07) is 6.48. The summed E-state index contributed by atoms with van der Waals surface area (Å²) in [7, 11) is 0. The minimum Gasteiger partial charge on any atom is -0.330 e. The van der Waals surface area contributed by atoms with Crippen molar-refractivity contribution in [2.24, 2.45) is 5.73 Å². The highest BCUT2D eigenvalue weighted by Crippen LogP contribution is 2.25. The van der Waals surface area contributed by atoms with Gasteiger partial charge in [-0.05, 0) is 55.5 Å². The SMILES string of the molecule is Cc1ccc(C)c(-n2ncc(CCN)c2C(C)C)c1. The van der Waals surface area contributed by atoms with Crippen LogP contribution in [0.2, 0.25) is 0 Å². The van der Waals surface area contributed by atoms with E-state index < -0.39 is 0 Å². The highest BCUT2D eigenvalue weighted by Gasteiger charge is 2.16. The molecule has 1 heterocycles. The molecule has 1 aromatic carbocycles. The molecule has 2 rings (SSSR count). The molecule has 0 aliphatic rings. The first-order valence-corrected chi connectivity index (χ1v) is 6.89. The molecule has 3 heteroatoms. The van der Waals surface area contributed by atoms with E-state index >= 15 is 0 Å². The quantitative estimate of drug-likeness (QED) is 0.914. The standard InChI is InChI=1S/C16H23N3/c1-11(2)16-14(7-8-17)10-18-19(16)15-9-12(3)5-6-13(15)4/h5-6,9-11H,7-8,17H2,1-4H3. The van der Waals surface area contributed by atoms with E-state index in [0.717, 1.165) is 6.42 Å². The number of rotatable bonds is 4. The van der Waals surface area contributed by atoms with Gasteiger partial charge >= 0.3 is 0 Å². The molecule has 0 spiro atoms. The molecule has 102 valence electrons. The Hall–Kier alpha value is -1.61. The summed E-state index contributed by atoms with van der Waals surface area (Å²) < 4.78 is 2.08. The maximum absolute atomic E-state index is 5.69. The van der Waals surface area contributed by atoms with Crippen molar-refractivity contribution in [2.45, 2.75) is 40.0 Å². The number of benzene rings is 1. The Kier molecular flexibility index (Phi) is 4.05. The van der Waals surface area contributed by atoms with Crippen LogP contribution < -0.4 is 5.73 Å². The topological polar surface area (TPSA) is 43.8 Å². The Morgan fingerprint density at radius 3 is 2.63 bits per heavy atom. The zero-order valence-corrected chi connectivity index (χ0v) is 12.3. The van der Waals surface area contributed by atoms with E-state index in [2.05, 4.69) is 55.7 Å². The van der Waals surface area contributed by atoms with Crippen molar-refractivity contribution in [3.8, 4) is 5.69 Å². The third-order valence-electron chi connectivity index (χ3n) is 3.44. The zero-order valence-electron chi connectivity index (χ0n) is 12.3. The van der Waals surface area contributed by atoms with E-state index in [1.54, 1.807) is 0 Å². The minimum absolute atomic E-state index is 0.434. The van der Waals surface area contributed by atoms with Gasteiger partial charge < -0.3 is 5.73 Å². The fraction of sp³-hybridized carbons (Fsp3) is 0.438. The fourth-order valence-electron chi connectivity index (χ4n) is 2.49. The molecule has 0 unspecified atom stereocenters. The van der Waals surface area contributed by atoms with Crippen LogP contribution in [0.3, 0.4) is 0 Å². The molecular weight excluding hydrogens is 234 g/mol. The van der Waals surface area contributed by atoms with Gasteiger partial charge in [0.2, 0.25) is 0 Å². The van der Waals surface area contributed by atoms with E-state index in [1.165, 1.54) is 28.1 Å².